The zero-order valence-electron chi connectivity index (χ0n) is 18.9. The molecule has 2 aromatic carbocycles. The van der Waals surface area contributed by atoms with Crippen LogP contribution in [0, 0.1) is 6.92 Å². The minimum atomic E-state index is -1.07. The van der Waals surface area contributed by atoms with Crippen LogP contribution in [-0.2, 0) is 6.42 Å². The maximum Gasteiger partial charge on any atom is 0.411 e. The smallest absolute Gasteiger partial charge is 0.411 e. The van der Waals surface area contributed by atoms with Gasteiger partial charge in [0, 0.05) is 53.0 Å². The molecule has 2 amide bonds. The number of pyridine rings is 1. The average molecular weight is 488 g/mol. The number of anilines is 2. The third-order valence-electron chi connectivity index (χ3n) is 5.26. The van der Waals surface area contributed by atoms with Crippen LogP contribution in [0.15, 0.2) is 79.1 Å². The Morgan fingerprint density at radius 3 is 2.40 bits per heavy atom. The Hall–Kier alpha value is -4.30. The molecule has 8 nitrogen and oxygen atoms in total. The van der Waals surface area contributed by atoms with Crippen molar-refractivity contribution in [3.05, 3.63) is 101 Å². The minimum Gasteiger partial charge on any atom is -0.465 e. The zero-order chi connectivity index (χ0) is 24.8. The summed E-state index contributed by atoms with van der Waals surface area (Å²) in [5.41, 5.74) is 3.35. The summed E-state index contributed by atoms with van der Waals surface area (Å²) in [7, 11) is 0. The molecular formula is C26H22ClN5O3. The van der Waals surface area contributed by atoms with Gasteiger partial charge in [-0.3, -0.25) is 14.7 Å². The maximum atomic E-state index is 13.0. The highest BCUT2D eigenvalue weighted by Crippen LogP contribution is 2.25. The quantitative estimate of drug-likeness (QED) is 0.357. The first-order chi connectivity index (χ1) is 16.9. The monoisotopic (exact) mass is 487 g/mol. The first-order valence-electron chi connectivity index (χ1n) is 10.8. The van der Waals surface area contributed by atoms with Crippen molar-refractivity contribution in [2.45, 2.75) is 13.3 Å². The van der Waals surface area contributed by atoms with Gasteiger partial charge in [-0.25, -0.2) is 14.8 Å². The Morgan fingerprint density at radius 1 is 1.00 bits per heavy atom. The van der Waals surface area contributed by atoms with E-state index in [1.165, 1.54) is 11.1 Å². The highest BCUT2D eigenvalue weighted by molar-refractivity contribution is 6.30. The van der Waals surface area contributed by atoms with Crippen molar-refractivity contribution in [2.24, 2.45) is 0 Å². The van der Waals surface area contributed by atoms with Gasteiger partial charge < -0.3 is 10.4 Å². The van der Waals surface area contributed by atoms with Crippen molar-refractivity contribution in [2.75, 3.05) is 16.8 Å². The molecule has 2 aromatic heterocycles. The number of nitrogens with one attached hydrogen (secondary N) is 1. The summed E-state index contributed by atoms with van der Waals surface area (Å²) in [6.07, 6.45) is 2.57. The van der Waals surface area contributed by atoms with E-state index in [0.29, 0.717) is 39.9 Å². The van der Waals surface area contributed by atoms with Gasteiger partial charge in [0.05, 0.1) is 11.3 Å². The number of hydrogen-bond acceptors (Lipinski definition) is 5. The predicted octanol–water partition coefficient (Wildman–Crippen LogP) is 5.48. The Bertz CT molecular complexity index is 1330. The lowest BCUT2D eigenvalue weighted by molar-refractivity contribution is 0.102. The van der Waals surface area contributed by atoms with Crippen LogP contribution in [-0.4, -0.2) is 38.6 Å². The van der Waals surface area contributed by atoms with E-state index in [9.17, 15) is 14.7 Å². The second kappa shape index (κ2) is 10.8. The van der Waals surface area contributed by atoms with Crippen LogP contribution in [0.3, 0.4) is 0 Å². The average Bonchev–Trinajstić information content (AvgIpc) is 2.86. The fourth-order valence-corrected chi connectivity index (χ4v) is 3.62. The molecule has 2 N–H and O–H groups in total. The van der Waals surface area contributed by atoms with Crippen molar-refractivity contribution in [1.82, 2.24) is 15.0 Å². The van der Waals surface area contributed by atoms with Gasteiger partial charge in [-0.15, -0.1) is 0 Å². The van der Waals surface area contributed by atoms with Crippen LogP contribution < -0.4 is 10.2 Å². The highest BCUT2D eigenvalue weighted by atomic mass is 35.5. The summed E-state index contributed by atoms with van der Waals surface area (Å²) in [5.74, 6) is 0.156. The summed E-state index contributed by atoms with van der Waals surface area (Å²) in [4.78, 5) is 38.9. The Labute approximate surface area is 207 Å². The molecule has 2 heterocycles. The van der Waals surface area contributed by atoms with Gasteiger partial charge >= 0.3 is 6.09 Å². The van der Waals surface area contributed by atoms with Gasteiger partial charge in [-0.1, -0.05) is 29.8 Å². The number of halogens is 1. The second-order valence-electron chi connectivity index (χ2n) is 7.69. The fourth-order valence-electron chi connectivity index (χ4n) is 3.49. The first-order valence-corrected chi connectivity index (χ1v) is 11.2. The van der Waals surface area contributed by atoms with Crippen LogP contribution in [0.2, 0.25) is 5.02 Å². The molecule has 176 valence electrons. The summed E-state index contributed by atoms with van der Waals surface area (Å²) in [6, 6.07) is 19.2. The zero-order valence-corrected chi connectivity index (χ0v) is 19.6. The Balaban J connectivity index is 1.50. The van der Waals surface area contributed by atoms with Crippen molar-refractivity contribution in [3.63, 3.8) is 0 Å². The van der Waals surface area contributed by atoms with Crippen molar-refractivity contribution >= 4 is 35.0 Å². The van der Waals surface area contributed by atoms with Gasteiger partial charge in [-0.2, -0.15) is 0 Å². The van der Waals surface area contributed by atoms with E-state index in [2.05, 4.69) is 20.3 Å². The third kappa shape index (κ3) is 5.99. The van der Waals surface area contributed by atoms with E-state index >= 15 is 0 Å². The van der Waals surface area contributed by atoms with Crippen molar-refractivity contribution in [3.8, 4) is 11.3 Å². The van der Waals surface area contributed by atoms with Crippen molar-refractivity contribution in [1.29, 1.82) is 0 Å². The summed E-state index contributed by atoms with van der Waals surface area (Å²) >= 11 is 5.99. The van der Waals surface area contributed by atoms with Gasteiger partial charge in [0.15, 0.2) is 0 Å². The number of hydrogen-bond donors (Lipinski definition) is 2. The minimum absolute atomic E-state index is 0.253. The molecule has 0 unspecified atom stereocenters. The molecule has 0 bridgehead atoms. The topological polar surface area (TPSA) is 108 Å². The standard InChI is InChI=1S/C26H22ClN5O3/c1-17-29-16-23(24(30-17)18-5-7-19(27)8-6-18)25(33)31-21-9-11-22(12-10-21)32(26(34)35)15-13-20-4-2-3-14-28-20/h2-12,14,16H,13,15H2,1H3,(H,31,33)(H,34,35). The van der Waals surface area contributed by atoms with E-state index in [0.717, 1.165) is 11.3 Å². The number of aryl methyl sites for hydroxylation is 1. The number of benzene rings is 2. The number of aromatic nitrogens is 3. The molecule has 4 rings (SSSR count). The van der Waals surface area contributed by atoms with E-state index in [-0.39, 0.29) is 12.5 Å². The van der Waals surface area contributed by atoms with E-state index in [1.807, 2.05) is 18.2 Å². The summed E-state index contributed by atoms with van der Waals surface area (Å²) in [6.45, 7) is 2.01. The molecular weight excluding hydrogens is 466 g/mol. The van der Waals surface area contributed by atoms with Gasteiger partial charge in [0.2, 0.25) is 0 Å². The van der Waals surface area contributed by atoms with Crippen LogP contribution >= 0.6 is 11.6 Å². The molecule has 9 heteroatoms. The van der Waals surface area contributed by atoms with Gasteiger partial charge in [0.25, 0.3) is 5.91 Å². The first kappa shape index (κ1) is 23.8. The molecule has 0 radical (unpaired) electrons. The summed E-state index contributed by atoms with van der Waals surface area (Å²) in [5, 5.41) is 13.1. The number of nitrogens with zero attached hydrogens (tertiary/aromatic N) is 4. The molecule has 0 aliphatic carbocycles. The van der Waals surface area contributed by atoms with Crippen LogP contribution in [0.1, 0.15) is 21.9 Å². The Morgan fingerprint density at radius 2 is 1.74 bits per heavy atom. The molecule has 0 aliphatic heterocycles. The molecule has 0 saturated carbocycles. The van der Waals surface area contributed by atoms with Crippen LogP contribution in [0.4, 0.5) is 16.2 Å². The van der Waals surface area contributed by atoms with E-state index in [4.69, 9.17) is 11.6 Å². The molecule has 0 saturated heterocycles. The van der Waals surface area contributed by atoms with Crippen LogP contribution in [0.25, 0.3) is 11.3 Å². The lowest BCUT2D eigenvalue weighted by Gasteiger charge is -2.19. The molecule has 0 spiro atoms. The normalized spacial score (nSPS) is 10.6. The van der Waals surface area contributed by atoms with Gasteiger partial charge in [0.1, 0.15) is 5.82 Å². The number of carboxylic acid groups (broad SMARTS) is 1. The fraction of sp³-hybridized carbons (Fsp3) is 0.115. The Kier molecular flexibility index (Phi) is 7.32. The molecule has 0 atom stereocenters. The molecule has 0 aliphatic rings. The number of amides is 2. The van der Waals surface area contributed by atoms with Gasteiger partial charge in [-0.05, 0) is 55.5 Å². The van der Waals surface area contributed by atoms with E-state index in [1.54, 1.807) is 61.7 Å². The lowest BCUT2D eigenvalue weighted by atomic mass is 10.1. The highest BCUT2D eigenvalue weighted by Gasteiger charge is 2.18. The molecule has 4 aromatic rings. The third-order valence-corrected chi connectivity index (χ3v) is 5.51. The maximum absolute atomic E-state index is 13.0. The van der Waals surface area contributed by atoms with Crippen LogP contribution in [0.5, 0.6) is 0 Å². The second-order valence-corrected chi connectivity index (χ2v) is 8.13. The predicted molar refractivity (Wildman–Crippen MR) is 135 cm³/mol. The number of carbonyl (C=O) groups excluding carboxylic acids is 1. The van der Waals surface area contributed by atoms with Crippen molar-refractivity contribution < 1.29 is 14.7 Å². The largest absolute Gasteiger partial charge is 0.465 e. The number of carbonyl (C=O) groups is 2. The lowest BCUT2D eigenvalue weighted by Crippen LogP contribution is -2.31. The number of rotatable bonds is 7. The SMILES string of the molecule is Cc1ncc(C(=O)Nc2ccc(N(CCc3ccccn3)C(=O)O)cc2)c(-c2ccc(Cl)cc2)n1. The molecule has 35 heavy (non-hydrogen) atoms. The summed E-state index contributed by atoms with van der Waals surface area (Å²) < 4.78 is 0. The van der Waals surface area contributed by atoms with E-state index < -0.39 is 6.09 Å². The molecule has 0 fully saturated rings.